The Labute approximate surface area is 197 Å². The number of carbonyl (C=O) groups excluding carboxylic acids is 2. The quantitative estimate of drug-likeness (QED) is 0.532. The van der Waals surface area contributed by atoms with Crippen molar-refractivity contribution in [3.63, 3.8) is 0 Å². The Balaban J connectivity index is 1.91. The average Bonchev–Trinajstić information content (AvgIpc) is 3.11. The zero-order valence-corrected chi connectivity index (χ0v) is 20.6. The van der Waals surface area contributed by atoms with Crippen LogP contribution < -0.4 is 5.32 Å². The number of carbonyl (C=O) groups is 2. The summed E-state index contributed by atoms with van der Waals surface area (Å²) in [5.41, 5.74) is 2.94. The van der Waals surface area contributed by atoms with Crippen molar-refractivity contribution in [2.75, 3.05) is 18.4 Å². The third kappa shape index (κ3) is 6.68. The fraction of sp³-hybridized carbons (Fsp3) is 0.556. The van der Waals surface area contributed by atoms with Crippen LogP contribution in [0.4, 0.5) is 5.00 Å². The molecule has 4 nitrogen and oxygen atoms in total. The van der Waals surface area contributed by atoms with Gasteiger partial charge in [-0.15, -0.1) is 11.3 Å². The van der Waals surface area contributed by atoms with E-state index in [1.807, 2.05) is 49.1 Å². The second kappa shape index (κ2) is 12.8. The molecule has 0 bridgehead atoms. The number of nitrogens with zero attached hydrogens (tertiary/aromatic N) is 1. The summed E-state index contributed by atoms with van der Waals surface area (Å²) in [6, 6.07) is 9.79. The van der Waals surface area contributed by atoms with Crippen molar-refractivity contribution in [3.8, 4) is 0 Å². The second-order valence-electron chi connectivity index (χ2n) is 8.72. The van der Waals surface area contributed by atoms with Gasteiger partial charge in [0.25, 0.3) is 5.91 Å². The van der Waals surface area contributed by atoms with Gasteiger partial charge in [-0.1, -0.05) is 68.9 Å². The third-order valence-electron chi connectivity index (χ3n) is 6.40. The first-order chi connectivity index (χ1) is 15.6. The lowest BCUT2D eigenvalue weighted by Crippen LogP contribution is -2.31. The Hall–Kier alpha value is -2.14. The summed E-state index contributed by atoms with van der Waals surface area (Å²) in [6.45, 7) is 5.40. The first-order valence-electron chi connectivity index (χ1n) is 12.4. The van der Waals surface area contributed by atoms with Crippen LogP contribution in [0.15, 0.2) is 30.3 Å². The Bertz CT molecular complexity index is 871. The van der Waals surface area contributed by atoms with Crippen molar-refractivity contribution in [1.82, 2.24) is 4.90 Å². The zero-order chi connectivity index (χ0) is 22.8. The number of amides is 2. The maximum atomic E-state index is 13.6. The molecular weight excluding hydrogens is 416 g/mol. The average molecular weight is 455 g/mol. The minimum atomic E-state index is -0.0536. The third-order valence-corrected chi connectivity index (χ3v) is 7.60. The summed E-state index contributed by atoms with van der Waals surface area (Å²) in [4.78, 5) is 29.6. The molecule has 2 amide bonds. The highest BCUT2D eigenvalue weighted by Gasteiger charge is 2.27. The van der Waals surface area contributed by atoms with E-state index in [-0.39, 0.29) is 11.8 Å². The van der Waals surface area contributed by atoms with Gasteiger partial charge in [0.1, 0.15) is 5.00 Å². The first-order valence-corrected chi connectivity index (χ1v) is 13.2. The van der Waals surface area contributed by atoms with E-state index in [0.29, 0.717) is 19.5 Å². The minimum absolute atomic E-state index is 0.0536. The van der Waals surface area contributed by atoms with Gasteiger partial charge in [0, 0.05) is 18.0 Å². The van der Waals surface area contributed by atoms with Crippen LogP contribution in [0.2, 0.25) is 0 Å². The molecular formula is C27H38N2O2S. The Morgan fingerprint density at radius 1 is 0.875 bits per heavy atom. The van der Waals surface area contributed by atoms with Crippen LogP contribution >= 0.6 is 11.3 Å². The van der Waals surface area contributed by atoms with E-state index in [1.165, 1.54) is 49.0 Å². The van der Waals surface area contributed by atoms with Crippen LogP contribution in [0.5, 0.6) is 0 Å². The van der Waals surface area contributed by atoms with E-state index in [2.05, 4.69) is 5.32 Å². The van der Waals surface area contributed by atoms with Crippen LogP contribution in [-0.2, 0) is 24.1 Å². The van der Waals surface area contributed by atoms with Crippen LogP contribution in [0.1, 0.15) is 91.6 Å². The molecule has 0 saturated heterocycles. The van der Waals surface area contributed by atoms with Crippen molar-refractivity contribution >= 4 is 28.2 Å². The van der Waals surface area contributed by atoms with Gasteiger partial charge < -0.3 is 10.2 Å². The molecule has 0 saturated carbocycles. The lowest BCUT2D eigenvalue weighted by Gasteiger charge is -2.20. The predicted molar refractivity (Wildman–Crippen MR) is 135 cm³/mol. The van der Waals surface area contributed by atoms with Gasteiger partial charge in [0.05, 0.1) is 12.0 Å². The summed E-state index contributed by atoms with van der Waals surface area (Å²) in [5, 5.41) is 3.88. The maximum absolute atomic E-state index is 13.6. The fourth-order valence-corrected chi connectivity index (χ4v) is 5.86. The molecule has 3 rings (SSSR count). The van der Waals surface area contributed by atoms with Crippen molar-refractivity contribution < 1.29 is 9.59 Å². The lowest BCUT2D eigenvalue weighted by molar-refractivity contribution is -0.115. The van der Waals surface area contributed by atoms with Crippen molar-refractivity contribution in [2.24, 2.45) is 0 Å². The standard InChI is InChI=1S/C27H38N2O2S/c1-3-29(4-2)27(31)25-22-18-14-9-7-5-6-8-10-15-19-23(22)32-26(25)28-24(30)20-21-16-12-11-13-17-21/h11-13,16-17H,3-10,14-15,18-20H2,1-2H3,(H,28,30). The molecule has 1 heterocycles. The first kappa shape index (κ1) is 24.5. The van der Waals surface area contributed by atoms with Gasteiger partial charge in [-0.25, -0.2) is 0 Å². The van der Waals surface area contributed by atoms with Gasteiger partial charge >= 0.3 is 0 Å². The van der Waals surface area contributed by atoms with E-state index >= 15 is 0 Å². The van der Waals surface area contributed by atoms with E-state index in [9.17, 15) is 9.59 Å². The molecule has 1 aliphatic carbocycles. The Kier molecular flexibility index (Phi) is 9.79. The number of aryl methyl sites for hydroxylation is 1. The van der Waals surface area contributed by atoms with E-state index in [4.69, 9.17) is 0 Å². The van der Waals surface area contributed by atoms with Crippen molar-refractivity contribution in [2.45, 2.75) is 84.5 Å². The number of hydrogen-bond donors (Lipinski definition) is 1. The molecule has 5 heteroatoms. The molecule has 1 aromatic heterocycles. The highest BCUT2D eigenvalue weighted by Crippen LogP contribution is 2.37. The van der Waals surface area contributed by atoms with E-state index in [0.717, 1.165) is 41.8 Å². The van der Waals surface area contributed by atoms with Crippen molar-refractivity contribution in [3.05, 3.63) is 51.9 Å². The van der Waals surface area contributed by atoms with Gasteiger partial charge in [0.15, 0.2) is 0 Å². The molecule has 0 fully saturated rings. The van der Waals surface area contributed by atoms with Crippen LogP contribution in [-0.4, -0.2) is 29.8 Å². The molecule has 174 valence electrons. The number of hydrogen-bond acceptors (Lipinski definition) is 3. The molecule has 0 unspecified atom stereocenters. The molecule has 0 aliphatic heterocycles. The highest BCUT2D eigenvalue weighted by molar-refractivity contribution is 7.17. The Morgan fingerprint density at radius 2 is 1.47 bits per heavy atom. The SMILES string of the molecule is CCN(CC)C(=O)c1c(NC(=O)Cc2ccccc2)sc2c1CCCCCCCCCC2. The van der Waals surface area contributed by atoms with E-state index in [1.54, 1.807) is 11.3 Å². The number of anilines is 1. The summed E-state index contributed by atoms with van der Waals surface area (Å²) >= 11 is 1.64. The number of thiophene rings is 1. The predicted octanol–water partition coefficient (Wildman–Crippen LogP) is 6.63. The summed E-state index contributed by atoms with van der Waals surface area (Å²) < 4.78 is 0. The topological polar surface area (TPSA) is 49.4 Å². The van der Waals surface area contributed by atoms with E-state index < -0.39 is 0 Å². The van der Waals surface area contributed by atoms with Crippen LogP contribution in [0.25, 0.3) is 0 Å². The van der Waals surface area contributed by atoms with Crippen LogP contribution in [0.3, 0.4) is 0 Å². The summed E-state index contributed by atoms with van der Waals surface area (Å²) in [6.07, 6.45) is 12.2. The zero-order valence-electron chi connectivity index (χ0n) is 19.8. The highest BCUT2D eigenvalue weighted by atomic mass is 32.1. The second-order valence-corrected chi connectivity index (χ2v) is 9.83. The normalized spacial score (nSPS) is 15.2. The summed E-state index contributed by atoms with van der Waals surface area (Å²) in [5.74, 6) is 0.0108. The lowest BCUT2D eigenvalue weighted by atomic mass is 9.97. The molecule has 32 heavy (non-hydrogen) atoms. The molecule has 1 aromatic carbocycles. The minimum Gasteiger partial charge on any atom is -0.339 e. The molecule has 0 spiro atoms. The smallest absolute Gasteiger partial charge is 0.257 e. The maximum Gasteiger partial charge on any atom is 0.257 e. The van der Waals surface area contributed by atoms with Gasteiger partial charge in [-0.3, -0.25) is 9.59 Å². The Morgan fingerprint density at radius 3 is 2.09 bits per heavy atom. The summed E-state index contributed by atoms with van der Waals surface area (Å²) in [7, 11) is 0. The van der Waals surface area contributed by atoms with Gasteiger partial charge in [-0.05, 0) is 50.7 Å². The molecule has 1 N–H and O–H groups in total. The van der Waals surface area contributed by atoms with Gasteiger partial charge in [0.2, 0.25) is 5.91 Å². The molecule has 0 radical (unpaired) electrons. The number of fused-ring (bicyclic) bond motifs is 1. The largest absolute Gasteiger partial charge is 0.339 e. The molecule has 0 atom stereocenters. The molecule has 2 aromatic rings. The molecule has 1 aliphatic rings. The van der Waals surface area contributed by atoms with Gasteiger partial charge in [-0.2, -0.15) is 0 Å². The number of rotatable bonds is 6. The number of benzene rings is 1. The van der Waals surface area contributed by atoms with Crippen molar-refractivity contribution in [1.29, 1.82) is 0 Å². The number of nitrogens with one attached hydrogen (secondary N) is 1. The van der Waals surface area contributed by atoms with Crippen LogP contribution in [0, 0.1) is 0 Å². The monoisotopic (exact) mass is 454 g/mol. The fourth-order valence-electron chi connectivity index (χ4n) is 4.56.